The van der Waals surface area contributed by atoms with Crippen molar-refractivity contribution in [2.75, 3.05) is 18.1 Å². The highest BCUT2D eigenvalue weighted by molar-refractivity contribution is 7.99. The molecule has 0 unspecified atom stereocenters. The Morgan fingerprint density at radius 2 is 2.16 bits per heavy atom. The minimum atomic E-state index is 0.476. The molecule has 2 rings (SSSR count). The Labute approximate surface area is 116 Å². The first-order valence-corrected chi connectivity index (χ1v) is 7.09. The number of nitrogens with one attached hydrogen (secondary N) is 1. The standard InChI is InChI=1S/C11H17N7S/c1-8(2)4-5-19-11-16-9(12-3)15-10(17-11)18-7-13-6-14-18/h6-8H,4-5H2,1-3H3,(H,12,15,16,17). The van der Waals surface area contributed by atoms with E-state index in [9.17, 15) is 0 Å². The third-order valence-electron chi connectivity index (χ3n) is 2.38. The normalized spacial score (nSPS) is 10.9. The van der Waals surface area contributed by atoms with Gasteiger partial charge in [-0.1, -0.05) is 25.6 Å². The fourth-order valence-corrected chi connectivity index (χ4v) is 2.39. The molecular formula is C11H17N7S. The zero-order valence-electron chi connectivity index (χ0n) is 11.2. The number of thioether (sulfide) groups is 1. The van der Waals surface area contributed by atoms with Crippen molar-refractivity contribution >= 4 is 17.7 Å². The third kappa shape index (κ3) is 3.88. The number of aromatic nitrogens is 6. The SMILES string of the molecule is CNc1nc(SCCC(C)C)nc(-n2cncn2)n1. The Morgan fingerprint density at radius 1 is 1.32 bits per heavy atom. The molecule has 0 saturated carbocycles. The Hall–Kier alpha value is -1.70. The van der Waals surface area contributed by atoms with Crippen LogP contribution in [0, 0.1) is 5.92 Å². The van der Waals surface area contributed by atoms with E-state index in [0.717, 1.165) is 12.2 Å². The van der Waals surface area contributed by atoms with E-state index in [1.54, 1.807) is 25.1 Å². The molecule has 0 amide bonds. The van der Waals surface area contributed by atoms with E-state index < -0.39 is 0 Å². The fourth-order valence-electron chi connectivity index (χ4n) is 1.32. The highest BCUT2D eigenvalue weighted by Gasteiger charge is 2.08. The average molecular weight is 279 g/mol. The van der Waals surface area contributed by atoms with E-state index in [1.807, 2.05) is 0 Å². The molecule has 0 fully saturated rings. The van der Waals surface area contributed by atoms with Gasteiger partial charge in [0.15, 0.2) is 5.16 Å². The first kappa shape index (κ1) is 13.7. The highest BCUT2D eigenvalue weighted by atomic mass is 32.2. The molecule has 1 N–H and O–H groups in total. The van der Waals surface area contributed by atoms with Gasteiger partial charge in [0.2, 0.25) is 5.95 Å². The van der Waals surface area contributed by atoms with Gasteiger partial charge in [0.05, 0.1) is 0 Å². The summed E-state index contributed by atoms with van der Waals surface area (Å²) in [4.78, 5) is 16.9. The maximum atomic E-state index is 4.38. The van der Waals surface area contributed by atoms with Gasteiger partial charge in [0, 0.05) is 12.8 Å². The van der Waals surface area contributed by atoms with Crippen molar-refractivity contribution in [1.82, 2.24) is 29.7 Å². The molecule has 19 heavy (non-hydrogen) atoms. The second-order valence-electron chi connectivity index (χ2n) is 4.36. The Morgan fingerprint density at radius 3 is 2.79 bits per heavy atom. The van der Waals surface area contributed by atoms with Crippen molar-refractivity contribution in [3.05, 3.63) is 12.7 Å². The Bertz CT molecular complexity index is 512. The van der Waals surface area contributed by atoms with Gasteiger partial charge in [-0.15, -0.1) is 0 Å². The Kier molecular flexibility index (Phi) is 4.67. The molecule has 0 atom stereocenters. The molecule has 7 nitrogen and oxygen atoms in total. The zero-order valence-corrected chi connectivity index (χ0v) is 12.1. The summed E-state index contributed by atoms with van der Waals surface area (Å²) in [5, 5.41) is 7.66. The van der Waals surface area contributed by atoms with Crippen molar-refractivity contribution in [3.63, 3.8) is 0 Å². The van der Waals surface area contributed by atoms with E-state index in [0.29, 0.717) is 23.0 Å². The number of hydrogen-bond donors (Lipinski definition) is 1. The first-order valence-electron chi connectivity index (χ1n) is 6.10. The second kappa shape index (κ2) is 6.46. The molecule has 2 aromatic rings. The van der Waals surface area contributed by atoms with E-state index >= 15 is 0 Å². The van der Waals surface area contributed by atoms with Gasteiger partial charge < -0.3 is 5.32 Å². The number of hydrogen-bond acceptors (Lipinski definition) is 7. The van der Waals surface area contributed by atoms with Gasteiger partial charge in [-0.05, 0) is 12.3 Å². The smallest absolute Gasteiger partial charge is 0.257 e. The van der Waals surface area contributed by atoms with Crippen LogP contribution in [0.1, 0.15) is 20.3 Å². The minimum absolute atomic E-state index is 0.476. The molecule has 0 bridgehead atoms. The third-order valence-corrected chi connectivity index (χ3v) is 3.26. The van der Waals surface area contributed by atoms with Gasteiger partial charge >= 0.3 is 0 Å². The molecule has 8 heteroatoms. The van der Waals surface area contributed by atoms with Gasteiger partial charge in [-0.2, -0.15) is 24.7 Å². The second-order valence-corrected chi connectivity index (χ2v) is 5.42. The van der Waals surface area contributed by atoms with Crippen LogP contribution in [0.25, 0.3) is 5.95 Å². The predicted molar refractivity (Wildman–Crippen MR) is 74.5 cm³/mol. The summed E-state index contributed by atoms with van der Waals surface area (Å²) in [5.41, 5.74) is 0. The molecule has 0 aromatic carbocycles. The average Bonchev–Trinajstić information content (AvgIpc) is 2.92. The summed E-state index contributed by atoms with van der Waals surface area (Å²) < 4.78 is 1.52. The topological polar surface area (TPSA) is 81.4 Å². The molecule has 102 valence electrons. The summed E-state index contributed by atoms with van der Waals surface area (Å²) in [6.07, 6.45) is 4.15. The maximum absolute atomic E-state index is 4.38. The first-order chi connectivity index (χ1) is 9.19. The quantitative estimate of drug-likeness (QED) is 0.805. The Balaban J connectivity index is 2.16. The predicted octanol–water partition coefficient (Wildman–Crippen LogP) is 1.63. The summed E-state index contributed by atoms with van der Waals surface area (Å²) in [7, 11) is 1.78. The van der Waals surface area contributed by atoms with Crippen molar-refractivity contribution < 1.29 is 0 Å². The van der Waals surface area contributed by atoms with E-state index in [-0.39, 0.29) is 0 Å². The molecule has 0 spiro atoms. The van der Waals surface area contributed by atoms with Crippen LogP contribution in [0.3, 0.4) is 0 Å². The van der Waals surface area contributed by atoms with Crippen LogP contribution in [0.5, 0.6) is 0 Å². The largest absolute Gasteiger partial charge is 0.357 e. The fraction of sp³-hybridized carbons (Fsp3) is 0.545. The van der Waals surface area contributed by atoms with Crippen LogP contribution in [-0.4, -0.2) is 42.5 Å². The van der Waals surface area contributed by atoms with Gasteiger partial charge in [0.25, 0.3) is 5.95 Å². The lowest BCUT2D eigenvalue weighted by Gasteiger charge is -2.06. The highest BCUT2D eigenvalue weighted by Crippen LogP contribution is 2.18. The van der Waals surface area contributed by atoms with Crippen LogP contribution in [0.15, 0.2) is 17.8 Å². The van der Waals surface area contributed by atoms with E-state index in [1.165, 1.54) is 11.0 Å². The molecular weight excluding hydrogens is 262 g/mol. The van der Waals surface area contributed by atoms with Crippen molar-refractivity contribution in [2.24, 2.45) is 5.92 Å². The van der Waals surface area contributed by atoms with E-state index in [4.69, 9.17) is 0 Å². The molecule has 2 aromatic heterocycles. The van der Waals surface area contributed by atoms with Crippen LogP contribution >= 0.6 is 11.8 Å². The number of rotatable bonds is 6. The van der Waals surface area contributed by atoms with Crippen LogP contribution in [0.2, 0.25) is 0 Å². The maximum Gasteiger partial charge on any atom is 0.257 e. The minimum Gasteiger partial charge on any atom is -0.357 e. The lowest BCUT2D eigenvalue weighted by atomic mass is 10.2. The molecule has 0 aliphatic rings. The summed E-state index contributed by atoms with van der Waals surface area (Å²) in [5.74, 6) is 2.67. The van der Waals surface area contributed by atoms with Gasteiger partial charge in [-0.25, -0.2) is 4.98 Å². The molecule has 0 aliphatic carbocycles. The van der Waals surface area contributed by atoms with Crippen molar-refractivity contribution in [1.29, 1.82) is 0 Å². The summed E-state index contributed by atoms with van der Waals surface area (Å²) >= 11 is 1.63. The summed E-state index contributed by atoms with van der Waals surface area (Å²) in [6, 6.07) is 0. The van der Waals surface area contributed by atoms with Crippen LogP contribution in [0.4, 0.5) is 5.95 Å². The lowest BCUT2D eigenvalue weighted by molar-refractivity contribution is 0.631. The van der Waals surface area contributed by atoms with Crippen molar-refractivity contribution in [3.8, 4) is 5.95 Å². The molecule has 0 saturated heterocycles. The lowest BCUT2D eigenvalue weighted by Crippen LogP contribution is -2.08. The monoisotopic (exact) mass is 279 g/mol. The number of nitrogens with zero attached hydrogens (tertiary/aromatic N) is 6. The van der Waals surface area contributed by atoms with Crippen LogP contribution in [-0.2, 0) is 0 Å². The van der Waals surface area contributed by atoms with Crippen LogP contribution < -0.4 is 5.32 Å². The molecule has 2 heterocycles. The number of anilines is 1. The summed E-state index contributed by atoms with van der Waals surface area (Å²) in [6.45, 7) is 4.40. The van der Waals surface area contributed by atoms with E-state index in [2.05, 4.69) is 44.2 Å². The van der Waals surface area contributed by atoms with Crippen molar-refractivity contribution in [2.45, 2.75) is 25.4 Å². The molecule has 0 radical (unpaired) electrons. The zero-order chi connectivity index (χ0) is 13.7. The molecule has 0 aliphatic heterocycles. The van der Waals surface area contributed by atoms with Gasteiger partial charge in [0.1, 0.15) is 12.7 Å². The van der Waals surface area contributed by atoms with Gasteiger partial charge in [-0.3, -0.25) is 0 Å².